The highest BCUT2D eigenvalue weighted by molar-refractivity contribution is 6.32. The van der Waals surface area contributed by atoms with Crippen molar-refractivity contribution in [1.29, 1.82) is 0 Å². The van der Waals surface area contributed by atoms with Gasteiger partial charge in [-0.15, -0.1) is 0 Å². The normalized spacial score (nSPS) is 20.8. The predicted octanol–water partition coefficient (Wildman–Crippen LogP) is 1.82. The van der Waals surface area contributed by atoms with Gasteiger partial charge in [-0.05, 0) is 35.9 Å². The van der Waals surface area contributed by atoms with Crippen molar-refractivity contribution in [3.05, 3.63) is 52.8 Å². The molecule has 2 aromatic carbocycles. The summed E-state index contributed by atoms with van der Waals surface area (Å²) in [4.78, 5) is 38.9. The summed E-state index contributed by atoms with van der Waals surface area (Å²) in [6.07, 6.45) is 0. The lowest BCUT2D eigenvalue weighted by molar-refractivity contribution is -0.125. The number of fused-ring (bicyclic) bond motifs is 2. The number of hydrogen-bond acceptors (Lipinski definition) is 8. The molecule has 2 aromatic rings. The number of imide groups is 1. The van der Waals surface area contributed by atoms with E-state index >= 15 is 0 Å². The molecule has 2 atom stereocenters. The van der Waals surface area contributed by atoms with E-state index in [-0.39, 0.29) is 30.6 Å². The molecule has 3 heterocycles. The van der Waals surface area contributed by atoms with Crippen molar-refractivity contribution in [3.63, 3.8) is 0 Å². The fourth-order valence-electron chi connectivity index (χ4n) is 3.69. The van der Waals surface area contributed by atoms with Crippen LogP contribution in [-0.4, -0.2) is 48.2 Å². The average molecular weight is 460 g/mol. The lowest BCUT2D eigenvalue weighted by Crippen LogP contribution is -2.44. The Hall–Kier alpha value is -3.73. The van der Waals surface area contributed by atoms with E-state index in [1.165, 1.54) is 17.1 Å². The Morgan fingerprint density at radius 1 is 1.16 bits per heavy atom. The molecule has 0 spiro atoms. The molecule has 5 rings (SSSR count). The van der Waals surface area contributed by atoms with Gasteiger partial charge >= 0.3 is 0 Å². The van der Waals surface area contributed by atoms with Crippen LogP contribution in [0.4, 0.5) is 10.1 Å². The third kappa shape index (κ3) is 3.40. The predicted molar refractivity (Wildman–Crippen MR) is 107 cm³/mol. The van der Waals surface area contributed by atoms with E-state index in [4.69, 9.17) is 21.1 Å². The zero-order valence-electron chi connectivity index (χ0n) is 16.3. The topological polar surface area (TPSA) is 113 Å². The Morgan fingerprint density at radius 3 is 2.78 bits per heavy atom. The number of hydrogen-bond donors (Lipinski definition) is 1. The third-order valence-corrected chi connectivity index (χ3v) is 5.54. The first-order valence-electron chi connectivity index (χ1n) is 9.58. The molecule has 0 bridgehead atoms. The van der Waals surface area contributed by atoms with E-state index in [1.807, 2.05) is 0 Å². The molecule has 1 saturated heterocycles. The fourth-order valence-corrected chi connectivity index (χ4v) is 3.86. The first-order chi connectivity index (χ1) is 15.4. The minimum atomic E-state index is -1.08. The van der Waals surface area contributed by atoms with Crippen LogP contribution in [0, 0.1) is 5.82 Å². The first kappa shape index (κ1) is 20.2. The molecule has 164 valence electrons. The van der Waals surface area contributed by atoms with Crippen molar-refractivity contribution in [1.82, 2.24) is 10.3 Å². The number of amides is 3. The van der Waals surface area contributed by atoms with E-state index in [9.17, 15) is 18.8 Å². The summed E-state index contributed by atoms with van der Waals surface area (Å²) in [5.41, 5.74) is 0.929. The van der Waals surface area contributed by atoms with Gasteiger partial charge < -0.3 is 14.8 Å². The van der Waals surface area contributed by atoms with Crippen LogP contribution in [0.3, 0.4) is 0 Å². The minimum Gasteiger partial charge on any atom is -0.454 e. The summed E-state index contributed by atoms with van der Waals surface area (Å²) < 4.78 is 24.0. The van der Waals surface area contributed by atoms with Gasteiger partial charge in [-0.2, -0.15) is 5.11 Å². The number of rotatable bonds is 5. The van der Waals surface area contributed by atoms with Gasteiger partial charge in [-0.25, -0.2) is 9.29 Å². The summed E-state index contributed by atoms with van der Waals surface area (Å²) in [6.45, 7) is 0.107. The van der Waals surface area contributed by atoms with Crippen molar-refractivity contribution < 1.29 is 28.2 Å². The van der Waals surface area contributed by atoms with Crippen LogP contribution >= 0.6 is 11.6 Å². The summed E-state index contributed by atoms with van der Waals surface area (Å²) >= 11 is 5.78. The van der Waals surface area contributed by atoms with E-state index in [0.717, 1.165) is 16.5 Å². The molecule has 0 aromatic heterocycles. The number of carbonyl (C=O) groups excluding carboxylic acids is 3. The van der Waals surface area contributed by atoms with Crippen molar-refractivity contribution in [2.24, 2.45) is 10.3 Å². The Balaban J connectivity index is 1.24. The molecule has 12 heteroatoms. The minimum absolute atomic E-state index is 0.128. The molecule has 2 unspecified atom stereocenters. The number of halogens is 2. The van der Waals surface area contributed by atoms with Crippen LogP contribution < -0.4 is 19.7 Å². The molecule has 0 saturated carbocycles. The third-order valence-electron chi connectivity index (χ3n) is 5.25. The smallest absolute Gasteiger partial charge is 0.263 e. The van der Waals surface area contributed by atoms with Gasteiger partial charge in [0.05, 0.1) is 10.7 Å². The van der Waals surface area contributed by atoms with Crippen LogP contribution in [0.2, 0.25) is 5.02 Å². The quantitative estimate of drug-likeness (QED) is 0.682. The van der Waals surface area contributed by atoms with Crippen LogP contribution in [-0.2, 0) is 20.9 Å². The molecule has 10 nitrogen and oxygen atoms in total. The summed E-state index contributed by atoms with van der Waals surface area (Å²) in [5.74, 6) is -1.07. The lowest BCUT2D eigenvalue weighted by Gasteiger charge is -2.20. The molecule has 1 fully saturated rings. The van der Waals surface area contributed by atoms with Crippen molar-refractivity contribution in [2.45, 2.75) is 18.6 Å². The zero-order valence-corrected chi connectivity index (χ0v) is 17.1. The average Bonchev–Trinajstić information content (AvgIpc) is 3.46. The van der Waals surface area contributed by atoms with Crippen LogP contribution in [0.25, 0.3) is 0 Å². The number of carbonyl (C=O) groups is 3. The van der Waals surface area contributed by atoms with Crippen molar-refractivity contribution in [3.8, 4) is 11.5 Å². The molecule has 3 aliphatic rings. The SMILES string of the molecule is O=C(CN1N=NC2C(=O)N(c3ccc(F)c(Cl)c3)C(=O)C21)NCc1ccc2c(c1)OCO2. The second-order valence-corrected chi connectivity index (χ2v) is 7.67. The van der Waals surface area contributed by atoms with Crippen molar-refractivity contribution >= 4 is 35.0 Å². The van der Waals surface area contributed by atoms with Crippen molar-refractivity contribution in [2.75, 3.05) is 18.2 Å². The molecule has 3 aliphatic heterocycles. The fraction of sp³-hybridized carbons (Fsp3) is 0.250. The number of ether oxygens (including phenoxy) is 2. The maximum Gasteiger partial charge on any atom is 0.263 e. The number of nitrogens with one attached hydrogen (secondary N) is 1. The highest BCUT2D eigenvalue weighted by Crippen LogP contribution is 2.34. The Labute approximate surface area is 185 Å². The molecular formula is C20H15ClFN5O5. The maximum absolute atomic E-state index is 13.5. The zero-order chi connectivity index (χ0) is 22.4. The van der Waals surface area contributed by atoms with Gasteiger partial charge in [0, 0.05) is 6.54 Å². The summed E-state index contributed by atoms with van der Waals surface area (Å²) in [7, 11) is 0. The molecule has 0 radical (unpaired) electrons. The largest absolute Gasteiger partial charge is 0.454 e. The first-order valence-corrected chi connectivity index (χ1v) is 9.95. The highest BCUT2D eigenvalue weighted by Gasteiger charge is 2.55. The van der Waals surface area contributed by atoms with Gasteiger partial charge in [-0.1, -0.05) is 22.9 Å². The van der Waals surface area contributed by atoms with Crippen LogP contribution in [0.1, 0.15) is 5.56 Å². The molecule has 1 N–H and O–H groups in total. The van der Waals surface area contributed by atoms with E-state index in [0.29, 0.717) is 11.5 Å². The van der Waals surface area contributed by atoms with Crippen LogP contribution in [0.15, 0.2) is 46.7 Å². The number of benzene rings is 2. The lowest BCUT2D eigenvalue weighted by atomic mass is 10.1. The standard InChI is InChI=1S/C20H15ClFN5O5/c21-12-6-11(2-3-13(12)22)27-19(29)17-18(20(27)30)26(25-24-17)8-16(28)23-7-10-1-4-14-15(5-10)32-9-31-14/h1-6,17-18H,7-9H2,(H,23,28). The van der Waals surface area contributed by atoms with Gasteiger partial charge in [0.2, 0.25) is 12.7 Å². The maximum atomic E-state index is 13.5. The number of anilines is 1. The van der Waals surface area contributed by atoms with E-state index in [1.54, 1.807) is 18.2 Å². The second kappa shape index (κ2) is 7.75. The summed E-state index contributed by atoms with van der Waals surface area (Å²) in [6, 6.07) is 6.71. The Morgan fingerprint density at radius 2 is 1.97 bits per heavy atom. The van der Waals surface area contributed by atoms with E-state index < -0.39 is 35.6 Å². The molecule has 32 heavy (non-hydrogen) atoms. The molecule has 3 amide bonds. The van der Waals surface area contributed by atoms with Gasteiger partial charge in [0.25, 0.3) is 11.8 Å². The highest BCUT2D eigenvalue weighted by atomic mass is 35.5. The second-order valence-electron chi connectivity index (χ2n) is 7.27. The Kier molecular flexibility index (Phi) is 4.89. The number of nitrogens with zero attached hydrogens (tertiary/aromatic N) is 4. The summed E-state index contributed by atoms with van der Waals surface area (Å²) in [5, 5.41) is 11.4. The van der Waals surface area contributed by atoms with Gasteiger partial charge in [0.1, 0.15) is 12.4 Å². The van der Waals surface area contributed by atoms with Crippen LogP contribution in [0.5, 0.6) is 11.5 Å². The van der Waals surface area contributed by atoms with E-state index in [2.05, 4.69) is 15.7 Å². The van der Waals surface area contributed by atoms with Gasteiger partial charge in [0.15, 0.2) is 23.6 Å². The molecule has 0 aliphatic carbocycles. The molecular weight excluding hydrogens is 445 g/mol. The Bertz CT molecular complexity index is 1180. The monoisotopic (exact) mass is 459 g/mol. The van der Waals surface area contributed by atoms with Gasteiger partial charge in [-0.3, -0.25) is 19.4 Å².